The molecule has 0 spiro atoms. The fraction of sp³-hybridized carbons (Fsp3) is 0.235. The van der Waals surface area contributed by atoms with Crippen LogP contribution in [0.3, 0.4) is 0 Å². The molecule has 0 aliphatic rings. The summed E-state index contributed by atoms with van der Waals surface area (Å²) in [4.78, 5) is 7.64. The molecule has 0 saturated heterocycles. The van der Waals surface area contributed by atoms with Gasteiger partial charge in [-0.1, -0.05) is 12.1 Å². The van der Waals surface area contributed by atoms with Gasteiger partial charge in [0, 0.05) is 0 Å². The van der Waals surface area contributed by atoms with Crippen LogP contribution in [0.5, 0.6) is 5.75 Å². The van der Waals surface area contributed by atoms with Gasteiger partial charge in [-0.15, -0.1) is 0 Å². The largest absolute Gasteiger partial charge is 0.491 e. The van der Waals surface area contributed by atoms with Crippen molar-refractivity contribution in [2.24, 2.45) is 0 Å². The molecule has 0 aliphatic heterocycles. The van der Waals surface area contributed by atoms with E-state index in [1.807, 2.05) is 38.1 Å². The third kappa shape index (κ3) is 3.74. The van der Waals surface area contributed by atoms with Gasteiger partial charge in [-0.05, 0) is 50.2 Å². The molecule has 0 atom stereocenters. The van der Waals surface area contributed by atoms with Crippen LogP contribution in [0.4, 0.5) is 0 Å². The van der Waals surface area contributed by atoms with Gasteiger partial charge in [-0.2, -0.15) is 0 Å². The Balaban J connectivity index is 1.71. The number of aromatic nitrogens is 2. The zero-order chi connectivity index (χ0) is 17.2. The zero-order valence-corrected chi connectivity index (χ0v) is 14.3. The summed E-state index contributed by atoms with van der Waals surface area (Å²) in [6, 6.07) is 13.9. The number of nitrogens with one attached hydrogen (secondary N) is 2. The van der Waals surface area contributed by atoms with Crippen LogP contribution in [0, 0.1) is 0 Å². The molecule has 3 rings (SSSR count). The second-order valence-corrected chi connectivity index (χ2v) is 7.43. The highest BCUT2D eigenvalue weighted by Crippen LogP contribution is 2.17. The van der Waals surface area contributed by atoms with Crippen LogP contribution in [0.1, 0.15) is 19.7 Å². The second kappa shape index (κ2) is 6.62. The van der Waals surface area contributed by atoms with Crippen LogP contribution >= 0.6 is 0 Å². The van der Waals surface area contributed by atoms with Crippen LogP contribution in [0.2, 0.25) is 0 Å². The summed E-state index contributed by atoms with van der Waals surface area (Å²) in [6.07, 6.45) is 0.0404. The Kier molecular flexibility index (Phi) is 4.55. The van der Waals surface area contributed by atoms with Gasteiger partial charge in [0.2, 0.25) is 10.0 Å². The number of fused-ring (bicyclic) bond motifs is 1. The first-order valence-electron chi connectivity index (χ1n) is 7.64. The van der Waals surface area contributed by atoms with Crippen molar-refractivity contribution in [3.63, 3.8) is 0 Å². The van der Waals surface area contributed by atoms with Crippen molar-refractivity contribution in [3.05, 3.63) is 54.4 Å². The number of sulfonamides is 1. The van der Waals surface area contributed by atoms with E-state index < -0.39 is 10.0 Å². The number of nitrogens with zero attached hydrogens (tertiary/aromatic N) is 1. The van der Waals surface area contributed by atoms with Gasteiger partial charge >= 0.3 is 0 Å². The molecule has 0 unspecified atom stereocenters. The highest BCUT2D eigenvalue weighted by Gasteiger charge is 2.15. The van der Waals surface area contributed by atoms with Crippen LogP contribution in [0.15, 0.2) is 53.4 Å². The van der Waals surface area contributed by atoms with Crippen LogP contribution < -0.4 is 9.46 Å². The van der Waals surface area contributed by atoms with Crippen molar-refractivity contribution < 1.29 is 13.2 Å². The SMILES string of the molecule is CC(C)Oc1ccc(S(=O)(=O)NCc2nc3ccccc3[nH]2)cc1. The molecule has 1 aromatic heterocycles. The van der Waals surface area contributed by atoms with E-state index >= 15 is 0 Å². The van der Waals surface area contributed by atoms with Crippen molar-refractivity contribution in [1.82, 2.24) is 14.7 Å². The summed E-state index contributed by atoms with van der Waals surface area (Å²) in [6.45, 7) is 3.93. The number of hydrogen-bond donors (Lipinski definition) is 2. The maximum absolute atomic E-state index is 12.4. The van der Waals surface area contributed by atoms with E-state index in [0.29, 0.717) is 11.6 Å². The maximum atomic E-state index is 12.4. The minimum atomic E-state index is -3.61. The number of benzene rings is 2. The van der Waals surface area contributed by atoms with Crippen molar-refractivity contribution in [2.75, 3.05) is 0 Å². The molecule has 6 nitrogen and oxygen atoms in total. The van der Waals surface area contributed by atoms with Crippen LogP contribution in [-0.4, -0.2) is 24.5 Å². The highest BCUT2D eigenvalue weighted by molar-refractivity contribution is 7.89. The Bertz CT molecular complexity index is 898. The van der Waals surface area contributed by atoms with Gasteiger partial charge in [-0.3, -0.25) is 0 Å². The molecule has 0 saturated carbocycles. The molecular weight excluding hydrogens is 326 g/mol. The minimum absolute atomic E-state index is 0.0404. The Morgan fingerprint density at radius 2 is 1.83 bits per heavy atom. The predicted octanol–water partition coefficient (Wildman–Crippen LogP) is 2.83. The third-order valence-electron chi connectivity index (χ3n) is 3.37. The smallest absolute Gasteiger partial charge is 0.240 e. The number of hydrogen-bond acceptors (Lipinski definition) is 4. The molecule has 3 aromatic rings. The average molecular weight is 345 g/mol. The molecule has 0 radical (unpaired) electrons. The summed E-state index contributed by atoms with van der Waals surface area (Å²) >= 11 is 0. The summed E-state index contributed by atoms with van der Waals surface area (Å²) in [7, 11) is -3.61. The number of para-hydroxylation sites is 2. The van der Waals surface area contributed by atoms with E-state index in [0.717, 1.165) is 11.0 Å². The maximum Gasteiger partial charge on any atom is 0.240 e. The monoisotopic (exact) mass is 345 g/mol. The molecule has 2 aromatic carbocycles. The lowest BCUT2D eigenvalue weighted by molar-refractivity contribution is 0.242. The van der Waals surface area contributed by atoms with Crippen molar-refractivity contribution in [3.8, 4) is 5.75 Å². The van der Waals surface area contributed by atoms with E-state index in [-0.39, 0.29) is 17.5 Å². The van der Waals surface area contributed by atoms with Crippen molar-refractivity contribution >= 4 is 21.1 Å². The van der Waals surface area contributed by atoms with Crippen molar-refractivity contribution in [1.29, 1.82) is 0 Å². The summed E-state index contributed by atoms with van der Waals surface area (Å²) in [5, 5.41) is 0. The lowest BCUT2D eigenvalue weighted by Gasteiger charge is -2.10. The van der Waals surface area contributed by atoms with Gasteiger partial charge in [0.05, 0.1) is 28.6 Å². The van der Waals surface area contributed by atoms with Gasteiger partial charge in [-0.25, -0.2) is 18.1 Å². The molecule has 0 fully saturated rings. The number of H-pyrrole nitrogens is 1. The number of imidazole rings is 1. The zero-order valence-electron chi connectivity index (χ0n) is 13.5. The van der Waals surface area contributed by atoms with Gasteiger partial charge in [0.25, 0.3) is 0 Å². The number of rotatable bonds is 6. The van der Waals surface area contributed by atoms with E-state index in [9.17, 15) is 8.42 Å². The molecule has 126 valence electrons. The standard InChI is InChI=1S/C17H19N3O3S/c1-12(2)23-13-7-9-14(10-8-13)24(21,22)18-11-17-19-15-5-3-4-6-16(15)20-17/h3-10,12,18H,11H2,1-2H3,(H,19,20). The van der Waals surface area contributed by atoms with Gasteiger partial charge in [0.1, 0.15) is 11.6 Å². The average Bonchev–Trinajstić information content (AvgIpc) is 2.96. The number of aromatic amines is 1. The predicted molar refractivity (Wildman–Crippen MR) is 92.3 cm³/mol. The van der Waals surface area contributed by atoms with Gasteiger partial charge in [0.15, 0.2) is 0 Å². The summed E-state index contributed by atoms with van der Waals surface area (Å²) < 4.78 is 32.8. The Hall–Kier alpha value is -2.38. The molecular formula is C17H19N3O3S. The summed E-state index contributed by atoms with van der Waals surface area (Å²) in [5.74, 6) is 1.21. The first-order valence-corrected chi connectivity index (χ1v) is 9.12. The van der Waals surface area contributed by atoms with E-state index in [2.05, 4.69) is 14.7 Å². The first kappa shape index (κ1) is 16.5. The third-order valence-corrected chi connectivity index (χ3v) is 4.79. The van der Waals surface area contributed by atoms with E-state index in [1.165, 1.54) is 12.1 Å². The lowest BCUT2D eigenvalue weighted by Crippen LogP contribution is -2.23. The fourth-order valence-corrected chi connectivity index (χ4v) is 3.29. The van der Waals surface area contributed by atoms with E-state index in [1.54, 1.807) is 12.1 Å². The van der Waals surface area contributed by atoms with Crippen molar-refractivity contribution in [2.45, 2.75) is 31.4 Å². The molecule has 7 heteroatoms. The summed E-state index contributed by atoms with van der Waals surface area (Å²) in [5.41, 5.74) is 1.68. The molecule has 0 amide bonds. The van der Waals surface area contributed by atoms with Crippen LogP contribution in [-0.2, 0) is 16.6 Å². The second-order valence-electron chi connectivity index (χ2n) is 5.66. The van der Waals surface area contributed by atoms with Gasteiger partial charge < -0.3 is 9.72 Å². The van der Waals surface area contributed by atoms with E-state index in [4.69, 9.17) is 4.74 Å². The lowest BCUT2D eigenvalue weighted by atomic mass is 10.3. The van der Waals surface area contributed by atoms with Crippen LogP contribution in [0.25, 0.3) is 11.0 Å². The Morgan fingerprint density at radius 3 is 2.50 bits per heavy atom. The Morgan fingerprint density at radius 1 is 1.12 bits per heavy atom. The minimum Gasteiger partial charge on any atom is -0.491 e. The fourth-order valence-electron chi connectivity index (χ4n) is 2.31. The quantitative estimate of drug-likeness (QED) is 0.719. The molecule has 0 aliphatic carbocycles. The topological polar surface area (TPSA) is 84.1 Å². The highest BCUT2D eigenvalue weighted by atomic mass is 32.2. The molecule has 24 heavy (non-hydrogen) atoms. The molecule has 0 bridgehead atoms. The molecule has 2 N–H and O–H groups in total. The first-order chi connectivity index (χ1) is 11.4. The number of ether oxygens (including phenoxy) is 1. The Labute approximate surface area is 140 Å². The normalized spacial score (nSPS) is 12.0. The molecule has 1 heterocycles.